The molecule has 2 N–H and O–H groups in total. The minimum absolute atomic E-state index is 0.00434. The molecule has 2 rings (SSSR count). The van der Waals surface area contributed by atoms with Gasteiger partial charge in [0.05, 0.1) is 6.61 Å². The van der Waals surface area contributed by atoms with Crippen LogP contribution < -0.4 is 5.73 Å². The van der Waals surface area contributed by atoms with Crippen LogP contribution in [0.4, 0.5) is 8.78 Å². The molecule has 0 aromatic heterocycles. The lowest BCUT2D eigenvalue weighted by Crippen LogP contribution is -2.50. The Balaban J connectivity index is 2.79. The number of rotatable bonds is 5. The molecule has 0 heterocycles. The predicted molar refractivity (Wildman–Crippen MR) is 79.4 cm³/mol. The van der Waals surface area contributed by atoms with Gasteiger partial charge >= 0.3 is 5.97 Å². The second kappa shape index (κ2) is 6.56. The summed E-state index contributed by atoms with van der Waals surface area (Å²) in [6, 6.07) is 10.7. The van der Waals surface area contributed by atoms with Gasteiger partial charge in [0.15, 0.2) is 17.0 Å². The molecule has 6 heteroatoms. The smallest absolute Gasteiger partial charge is 0.330 e. The highest BCUT2D eigenvalue weighted by Crippen LogP contribution is 2.34. The van der Waals surface area contributed by atoms with Crippen molar-refractivity contribution in [2.45, 2.75) is 12.3 Å². The van der Waals surface area contributed by atoms with E-state index in [1.165, 1.54) is 12.1 Å². The molecule has 0 aliphatic rings. The average molecular weight is 319 g/mol. The molecule has 120 valence electrons. The summed E-state index contributed by atoms with van der Waals surface area (Å²) < 4.78 is 31.9. The summed E-state index contributed by atoms with van der Waals surface area (Å²) in [5.74, 6) is -4.25. The highest BCUT2D eigenvalue weighted by molar-refractivity contribution is 6.11. The number of hydrogen-bond donors (Lipinski definition) is 1. The number of carbonyl (C=O) groups excluding carboxylic acids is 2. The summed E-state index contributed by atoms with van der Waals surface area (Å²) in [4.78, 5) is 24.8. The fourth-order valence-electron chi connectivity index (χ4n) is 2.44. The van der Waals surface area contributed by atoms with E-state index in [1.807, 2.05) is 0 Å². The SMILES string of the molecule is CCOC(=O)C(C(N)=O)(c1ccccc1)c1ccc(F)c(F)c1. The van der Waals surface area contributed by atoms with Crippen LogP contribution in [0, 0.1) is 11.6 Å². The number of carbonyl (C=O) groups is 2. The fraction of sp³-hybridized carbons (Fsp3) is 0.176. The van der Waals surface area contributed by atoms with Crippen LogP contribution in [0.5, 0.6) is 0 Å². The Morgan fingerprint density at radius 2 is 1.70 bits per heavy atom. The first-order chi connectivity index (χ1) is 10.9. The predicted octanol–water partition coefficient (Wildman–Crippen LogP) is 2.30. The highest BCUT2D eigenvalue weighted by Gasteiger charge is 2.49. The van der Waals surface area contributed by atoms with Crippen molar-refractivity contribution in [3.8, 4) is 0 Å². The van der Waals surface area contributed by atoms with Gasteiger partial charge in [-0.2, -0.15) is 0 Å². The minimum Gasteiger partial charge on any atom is -0.465 e. The zero-order chi connectivity index (χ0) is 17.0. The van der Waals surface area contributed by atoms with Crippen molar-refractivity contribution < 1.29 is 23.1 Å². The molecule has 1 atom stereocenters. The number of nitrogens with two attached hydrogens (primary N) is 1. The normalized spacial score (nSPS) is 13.2. The molecule has 0 saturated carbocycles. The Morgan fingerprint density at radius 1 is 1.04 bits per heavy atom. The zero-order valence-electron chi connectivity index (χ0n) is 12.4. The molecule has 1 amide bonds. The van der Waals surface area contributed by atoms with E-state index < -0.39 is 28.9 Å². The van der Waals surface area contributed by atoms with Crippen molar-refractivity contribution in [2.75, 3.05) is 6.61 Å². The summed E-state index contributed by atoms with van der Waals surface area (Å²) in [6.45, 7) is 1.57. The Hall–Kier alpha value is -2.76. The van der Waals surface area contributed by atoms with Crippen molar-refractivity contribution in [1.29, 1.82) is 0 Å². The topological polar surface area (TPSA) is 69.4 Å². The van der Waals surface area contributed by atoms with E-state index in [0.717, 1.165) is 18.2 Å². The van der Waals surface area contributed by atoms with Crippen LogP contribution in [0.25, 0.3) is 0 Å². The molecule has 0 radical (unpaired) electrons. The average Bonchev–Trinajstić information content (AvgIpc) is 2.52. The van der Waals surface area contributed by atoms with Crippen molar-refractivity contribution >= 4 is 11.9 Å². The van der Waals surface area contributed by atoms with Crippen LogP contribution in [0.1, 0.15) is 18.1 Å². The van der Waals surface area contributed by atoms with Crippen LogP contribution >= 0.6 is 0 Å². The third kappa shape index (κ3) is 2.79. The molecule has 0 aliphatic heterocycles. The van der Waals surface area contributed by atoms with E-state index in [2.05, 4.69) is 0 Å². The Kier molecular flexibility index (Phi) is 4.74. The van der Waals surface area contributed by atoms with Crippen LogP contribution in [0.2, 0.25) is 0 Å². The molecule has 0 aliphatic carbocycles. The van der Waals surface area contributed by atoms with Crippen molar-refractivity contribution in [3.05, 3.63) is 71.3 Å². The number of hydrogen-bond acceptors (Lipinski definition) is 3. The molecule has 2 aromatic carbocycles. The van der Waals surface area contributed by atoms with Crippen molar-refractivity contribution in [1.82, 2.24) is 0 Å². The number of esters is 1. The summed E-state index contributed by atoms with van der Waals surface area (Å²) in [7, 11) is 0. The molecule has 0 saturated heterocycles. The molecule has 0 spiro atoms. The molecule has 1 unspecified atom stereocenters. The summed E-state index contributed by atoms with van der Waals surface area (Å²) in [5, 5.41) is 0. The van der Waals surface area contributed by atoms with Gasteiger partial charge in [-0.25, -0.2) is 8.78 Å². The van der Waals surface area contributed by atoms with E-state index >= 15 is 0 Å². The molecule has 23 heavy (non-hydrogen) atoms. The van der Waals surface area contributed by atoms with Gasteiger partial charge in [0.25, 0.3) is 0 Å². The Labute approximate surface area is 131 Å². The second-order valence-electron chi connectivity index (χ2n) is 4.83. The molecule has 0 fully saturated rings. The lowest BCUT2D eigenvalue weighted by Gasteiger charge is -2.29. The third-order valence-corrected chi connectivity index (χ3v) is 3.51. The maximum Gasteiger partial charge on any atom is 0.330 e. The van der Waals surface area contributed by atoms with E-state index in [9.17, 15) is 18.4 Å². The van der Waals surface area contributed by atoms with E-state index in [4.69, 9.17) is 10.5 Å². The first-order valence-corrected chi connectivity index (χ1v) is 6.92. The molecular formula is C17H15F2NO3. The summed E-state index contributed by atoms with van der Waals surface area (Å²) in [6.07, 6.45) is 0. The first kappa shape index (κ1) is 16.6. The number of primary amides is 1. The number of amides is 1. The van der Waals surface area contributed by atoms with Gasteiger partial charge in [-0.05, 0) is 30.2 Å². The van der Waals surface area contributed by atoms with E-state index in [-0.39, 0.29) is 17.7 Å². The van der Waals surface area contributed by atoms with Crippen LogP contribution in [0.15, 0.2) is 48.5 Å². The van der Waals surface area contributed by atoms with Crippen molar-refractivity contribution in [3.63, 3.8) is 0 Å². The van der Waals surface area contributed by atoms with Gasteiger partial charge < -0.3 is 10.5 Å². The van der Waals surface area contributed by atoms with Gasteiger partial charge in [0.2, 0.25) is 5.91 Å². The Bertz CT molecular complexity index is 734. The van der Waals surface area contributed by atoms with Gasteiger partial charge in [-0.3, -0.25) is 9.59 Å². The summed E-state index contributed by atoms with van der Waals surface area (Å²) in [5.41, 5.74) is 3.58. The second-order valence-corrected chi connectivity index (χ2v) is 4.83. The zero-order valence-corrected chi connectivity index (χ0v) is 12.4. The van der Waals surface area contributed by atoms with Crippen molar-refractivity contribution in [2.24, 2.45) is 5.73 Å². The summed E-state index contributed by atoms with van der Waals surface area (Å²) >= 11 is 0. The van der Waals surface area contributed by atoms with E-state index in [0.29, 0.717) is 0 Å². The number of benzene rings is 2. The standard InChI is InChI=1S/C17H15F2NO3/c1-2-23-16(22)17(15(20)21,11-6-4-3-5-7-11)12-8-9-13(18)14(19)10-12/h3-10H,2H2,1H3,(H2,20,21). The van der Waals surface area contributed by atoms with Gasteiger partial charge in [0, 0.05) is 0 Å². The highest BCUT2D eigenvalue weighted by atomic mass is 19.2. The maximum atomic E-state index is 13.7. The Morgan fingerprint density at radius 3 is 2.22 bits per heavy atom. The lowest BCUT2D eigenvalue weighted by atomic mass is 9.73. The lowest BCUT2D eigenvalue weighted by molar-refractivity contribution is -0.151. The van der Waals surface area contributed by atoms with Crippen LogP contribution in [0.3, 0.4) is 0 Å². The molecule has 4 nitrogen and oxygen atoms in total. The molecule has 2 aromatic rings. The van der Waals surface area contributed by atoms with E-state index in [1.54, 1.807) is 25.1 Å². The molecule has 0 bridgehead atoms. The minimum atomic E-state index is -2.05. The van der Waals surface area contributed by atoms with Gasteiger partial charge in [-0.15, -0.1) is 0 Å². The fourth-order valence-corrected chi connectivity index (χ4v) is 2.44. The van der Waals surface area contributed by atoms with Crippen LogP contribution in [-0.2, 0) is 19.7 Å². The third-order valence-electron chi connectivity index (χ3n) is 3.51. The largest absolute Gasteiger partial charge is 0.465 e. The van der Waals surface area contributed by atoms with Crippen LogP contribution in [-0.4, -0.2) is 18.5 Å². The first-order valence-electron chi connectivity index (χ1n) is 6.92. The monoisotopic (exact) mass is 319 g/mol. The quantitative estimate of drug-likeness (QED) is 0.679. The maximum absolute atomic E-state index is 13.7. The molecular weight excluding hydrogens is 304 g/mol. The number of ether oxygens (including phenoxy) is 1. The van der Waals surface area contributed by atoms with Gasteiger partial charge in [-0.1, -0.05) is 36.4 Å². The number of halogens is 2. The van der Waals surface area contributed by atoms with Gasteiger partial charge in [0.1, 0.15) is 0 Å².